The van der Waals surface area contributed by atoms with Gasteiger partial charge in [0.2, 0.25) is 5.91 Å². The number of amides is 3. The molecule has 0 bridgehead atoms. The molecule has 6 heteroatoms. The van der Waals surface area contributed by atoms with E-state index in [4.69, 9.17) is 4.74 Å². The van der Waals surface area contributed by atoms with E-state index in [1.807, 2.05) is 42.5 Å². The lowest BCUT2D eigenvalue weighted by Gasteiger charge is -2.24. The second kappa shape index (κ2) is 8.38. The molecule has 136 valence electrons. The van der Waals surface area contributed by atoms with Crippen LogP contribution in [0.3, 0.4) is 0 Å². The van der Waals surface area contributed by atoms with E-state index in [1.54, 1.807) is 24.1 Å². The maximum Gasteiger partial charge on any atom is 0.322 e. The quantitative estimate of drug-likeness (QED) is 0.868. The molecule has 1 fully saturated rings. The molecule has 2 aromatic rings. The number of nitrogens with one attached hydrogen (secondary N) is 2. The summed E-state index contributed by atoms with van der Waals surface area (Å²) in [6, 6.07) is 16.2. The molecule has 1 saturated heterocycles. The summed E-state index contributed by atoms with van der Waals surface area (Å²) in [4.78, 5) is 26.7. The normalized spacial score (nSPS) is 16.2. The molecule has 0 spiro atoms. The minimum atomic E-state index is -0.440. The van der Waals surface area contributed by atoms with Crippen molar-refractivity contribution in [1.82, 2.24) is 10.2 Å². The van der Waals surface area contributed by atoms with Crippen molar-refractivity contribution < 1.29 is 14.3 Å². The highest BCUT2D eigenvalue weighted by molar-refractivity contribution is 5.94. The molecule has 0 radical (unpaired) electrons. The van der Waals surface area contributed by atoms with Gasteiger partial charge in [0.1, 0.15) is 11.8 Å². The van der Waals surface area contributed by atoms with Crippen LogP contribution in [0.25, 0.3) is 0 Å². The minimum Gasteiger partial charge on any atom is -0.497 e. The van der Waals surface area contributed by atoms with E-state index in [2.05, 4.69) is 10.6 Å². The van der Waals surface area contributed by atoms with Crippen molar-refractivity contribution in [2.45, 2.75) is 25.4 Å². The summed E-state index contributed by atoms with van der Waals surface area (Å²) in [5.41, 5.74) is 1.68. The van der Waals surface area contributed by atoms with Gasteiger partial charge in [0.05, 0.1) is 7.11 Å². The van der Waals surface area contributed by atoms with Crippen molar-refractivity contribution in [2.75, 3.05) is 19.0 Å². The van der Waals surface area contributed by atoms with Crippen LogP contribution in [0.4, 0.5) is 10.5 Å². The number of methoxy groups -OCH3 is 1. The molecule has 26 heavy (non-hydrogen) atoms. The van der Waals surface area contributed by atoms with Crippen LogP contribution in [0.1, 0.15) is 18.4 Å². The van der Waals surface area contributed by atoms with Gasteiger partial charge in [0, 0.05) is 24.8 Å². The number of anilines is 1. The van der Waals surface area contributed by atoms with E-state index in [0.29, 0.717) is 30.9 Å². The Morgan fingerprint density at radius 2 is 1.96 bits per heavy atom. The molecule has 1 aliphatic rings. The molecule has 0 aromatic heterocycles. The van der Waals surface area contributed by atoms with Crippen molar-refractivity contribution in [1.29, 1.82) is 0 Å². The third-order valence-electron chi connectivity index (χ3n) is 4.45. The molecule has 0 aliphatic carbocycles. The van der Waals surface area contributed by atoms with Crippen LogP contribution in [-0.2, 0) is 11.3 Å². The molecule has 6 nitrogen and oxygen atoms in total. The number of benzene rings is 2. The molecule has 2 aromatic carbocycles. The van der Waals surface area contributed by atoms with Gasteiger partial charge in [-0.25, -0.2) is 4.79 Å². The smallest absolute Gasteiger partial charge is 0.322 e. The summed E-state index contributed by atoms with van der Waals surface area (Å²) in [5, 5.41) is 5.77. The van der Waals surface area contributed by atoms with Crippen LogP contribution < -0.4 is 15.4 Å². The second-order valence-electron chi connectivity index (χ2n) is 6.22. The second-order valence-corrected chi connectivity index (χ2v) is 6.22. The van der Waals surface area contributed by atoms with E-state index >= 15 is 0 Å². The number of nitrogens with zero attached hydrogens (tertiary/aromatic N) is 1. The number of carbonyl (C=O) groups excluding carboxylic acids is 2. The molecule has 3 rings (SSSR count). The van der Waals surface area contributed by atoms with Crippen molar-refractivity contribution >= 4 is 17.6 Å². The molecular formula is C20H23N3O3. The lowest BCUT2D eigenvalue weighted by molar-refractivity contribution is -0.124. The fourth-order valence-corrected chi connectivity index (χ4v) is 3.08. The summed E-state index contributed by atoms with van der Waals surface area (Å²) < 4.78 is 5.17. The fourth-order valence-electron chi connectivity index (χ4n) is 3.08. The summed E-state index contributed by atoms with van der Waals surface area (Å²) in [7, 11) is 1.58. The van der Waals surface area contributed by atoms with E-state index in [-0.39, 0.29) is 11.9 Å². The summed E-state index contributed by atoms with van der Waals surface area (Å²) in [5.74, 6) is 0.550. The summed E-state index contributed by atoms with van der Waals surface area (Å²) >= 11 is 0. The molecule has 0 saturated carbocycles. The number of urea groups is 1. The monoisotopic (exact) mass is 353 g/mol. The predicted molar refractivity (Wildman–Crippen MR) is 100 cm³/mol. The molecule has 0 unspecified atom stereocenters. The third kappa shape index (κ3) is 4.33. The van der Waals surface area contributed by atoms with Gasteiger partial charge in [-0.2, -0.15) is 0 Å². The third-order valence-corrected chi connectivity index (χ3v) is 4.45. The topological polar surface area (TPSA) is 70.7 Å². The van der Waals surface area contributed by atoms with Gasteiger partial charge in [-0.3, -0.25) is 4.79 Å². The number of likely N-dealkylation sites (tertiary alicyclic amines) is 1. The van der Waals surface area contributed by atoms with Crippen LogP contribution in [0.5, 0.6) is 5.75 Å². The van der Waals surface area contributed by atoms with E-state index in [0.717, 1.165) is 12.0 Å². The lowest BCUT2D eigenvalue weighted by Crippen LogP contribution is -2.47. The number of hydrogen-bond donors (Lipinski definition) is 2. The Balaban J connectivity index is 1.59. The first-order chi connectivity index (χ1) is 12.7. The van der Waals surface area contributed by atoms with Gasteiger partial charge >= 0.3 is 6.03 Å². The zero-order valence-electron chi connectivity index (χ0n) is 14.8. The van der Waals surface area contributed by atoms with Gasteiger partial charge in [-0.1, -0.05) is 36.4 Å². The number of ether oxygens (including phenoxy) is 1. The van der Waals surface area contributed by atoms with Crippen molar-refractivity contribution in [3.05, 3.63) is 60.2 Å². The van der Waals surface area contributed by atoms with Gasteiger partial charge in [0.25, 0.3) is 0 Å². The molecule has 2 N–H and O–H groups in total. The van der Waals surface area contributed by atoms with Crippen LogP contribution >= 0.6 is 0 Å². The average Bonchev–Trinajstić information content (AvgIpc) is 3.17. The van der Waals surface area contributed by atoms with Crippen molar-refractivity contribution in [3.8, 4) is 5.75 Å². The first kappa shape index (κ1) is 17.8. The van der Waals surface area contributed by atoms with Crippen molar-refractivity contribution in [2.24, 2.45) is 0 Å². The highest BCUT2D eigenvalue weighted by atomic mass is 16.5. The maximum atomic E-state index is 12.6. The Bertz CT molecular complexity index is 764. The lowest BCUT2D eigenvalue weighted by atomic mass is 10.2. The van der Waals surface area contributed by atoms with E-state index in [1.165, 1.54) is 0 Å². The van der Waals surface area contributed by atoms with Crippen molar-refractivity contribution in [3.63, 3.8) is 0 Å². The Morgan fingerprint density at radius 1 is 1.15 bits per heavy atom. The molecular weight excluding hydrogens is 330 g/mol. The van der Waals surface area contributed by atoms with Gasteiger partial charge in [-0.05, 0) is 30.5 Å². The molecule has 1 heterocycles. The summed E-state index contributed by atoms with van der Waals surface area (Å²) in [6.45, 7) is 1.03. The minimum absolute atomic E-state index is 0.118. The first-order valence-electron chi connectivity index (χ1n) is 8.70. The number of carbonyl (C=O) groups is 2. The predicted octanol–water partition coefficient (Wildman–Crippen LogP) is 3.01. The zero-order valence-corrected chi connectivity index (χ0v) is 14.8. The zero-order chi connectivity index (χ0) is 18.4. The maximum absolute atomic E-state index is 12.6. The van der Waals surface area contributed by atoms with Gasteiger partial charge < -0.3 is 20.3 Å². The highest BCUT2D eigenvalue weighted by Crippen LogP contribution is 2.21. The standard InChI is InChI=1S/C20H23N3O3/c1-26-17-10-5-9-16(13-17)22-20(25)23-12-6-11-18(23)19(24)21-14-15-7-3-2-4-8-15/h2-5,7-10,13,18H,6,11-12,14H2,1H3,(H,21,24)(H,22,25)/t18-/m1/s1. The Hall–Kier alpha value is -3.02. The Labute approximate surface area is 153 Å². The van der Waals surface area contributed by atoms with Crippen LogP contribution in [0.15, 0.2) is 54.6 Å². The largest absolute Gasteiger partial charge is 0.497 e. The van der Waals surface area contributed by atoms with Gasteiger partial charge in [-0.15, -0.1) is 0 Å². The fraction of sp³-hybridized carbons (Fsp3) is 0.300. The van der Waals surface area contributed by atoms with Crippen LogP contribution in [0, 0.1) is 0 Å². The average molecular weight is 353 g/mol. The molecule has 1 atom stereocenters. The van der Waals surface area contributed by atoms with Crippen LogP contribution in [0.2, 0.25) is 0 Å². The van der Waals surface area contributed by atoms with Gasteiger partial charge in [0.15, 0.2) is 0 Å². The summed E-state index contributed by atoms with van der Waals surface area (Å²) in [6.07, 6.45) is 1.49. The highest BCUT2D eigenvalue weighted by Gasteiger charge is 2.34. The first-order valence-corrected chi connectivity index (χ1v) is 8.70. The number of hydrogen-bond acceptors (Lipinski definition) is 3. The molecule has 3 amide bonds. The number of rotatable bonds is 5. The molecule has 1 aliphatic heterocycles. The van der Waals surface area contributed by atoms with E-state index < -0.39 is 6.04 Å². The Kier molecular flexibility index (Phi) is 5.73. The van der Waals surface area contributed by atoms with E-state index in [9.17, 15) is 9.59 Å². The Morgan fingerprint density at radius 3 is 2.73 bits per heavy atom. The van der Waals surface area contributed by atoms with Crippen LogP contribution in [-0.4, -0.2) is 36.5 Å². The SMILES string of the molecule is COc1cccc(NC(=O)N2CCC[C@@H]2C(=O)NCc2ccccc2)c1.